The van der Waals surface area contributed by atoms with Crippen molar-refractivity contribution in [2.75, 3.05) is 0 Å². The standard InChI is InChI=1S/C21H25N/c1-6-17-20(18-11-9-8-10-14(18)3)15(4)12-16-13-22(5)19(7-2)21(16)17/h6-11,13,15,20H,2,12H2,1,3-5H3/b17-6-. The predicted octanol–water partition coefficient (Wildman–Crippen LogP) is 5.36. The predicted molar refractivity (Wildman–Crippen MR) is 95.9 cm³/mol. The summed E-state index contributed by atoms with van der Waals surface area (Å²) in [6.45, 7) is 10.8. The molecule has 0 N–H and O–H groups in total. The Hall–Kier alpha value is -2.02. The molecular formula is C21H25N. The lowest BCUT2D eigenvalue weighted by Crippen LogP contribution is -2.21. The zero-order valence-corrected chi connectivity index (χ0v) is 14.1. The summed E-state index contributed by atoms with van der Waals surface area (Å²) in [5.41, 5.74) is 8.42. The molecule has 3 rings (SSSR count). The van der Waals surface area contributed by atoms with Crippen molar-refractivity contribution < 1.29 is 0 Å². The Balaban J connectivity index is 2.22. The Kier molecular flexibility index (Phi) is 3.82. The largest absolute Gasteiger partial charge is 0.350 e. The smallest absolute Gasteiger partial charge is 0.0477 e. The summed E-state index contributed by atoms with van der Waals surface area (Å²) in [5, 5.41) is 0. The van der Waals surface area contributed by atoms with Gasteiger partial charge in [-0.2, -0.15) is 0 Å². The van der Waals surface area contributed by atoms with E-state index in [2.05, 4.69) is 75.5 Å². The van der Waals surface area contributed by atoms with Gasteiger partial charge in [-0.1, -0.05) is 43.8 Å². The van der Waals surface area contributed by atoms with Gasteiger partial charge in [0.2, 0.25) is 0 Å². The van der Waals surface area contributed by atoms with Gasteiger partial charge < -0.3 is 4.57 Å². The number of rotatable bonds is 2. The average Bonchev–Trinajstić information content (AvgIpc) is 2.81. The molecule has 1 nitrogen and oxygen atoms in total. The van der Waals surface area contributed by atoms with E-state index in [1.807, 2.05) is 6.08 Å². The van der Waals surface area contributed by atoms with E-state index in [1.165, 1.54) is 33.5 Å². The van der Waals surface area contributed by atoms with E-state index in [0.717, 1.165) is 6.42 Å². The van der Waals surface area contributed by atoms with Crippen molar-refractivity contribution >= 4 is 11.6 Å². The Morgan fingerprint density at radius 1 is 1.27 bits per heavy atom. The number of hydrogen-bond donors (Lipinski definition) is 0. The molecule has 0 fully saturated rings. The summed E-state index contributed by atoms with van der Waals surface area (Å²) < 4.78 is 2.22. The zero-order chi connectivity index (χ0) is 15.9. The Morgan fingerprint density at radius 2 is 2.00 bits per heavy atom. The van der Waals surface area contributed by atoms with Gasteiger partial charge in [0.05, 0.1) is 0 Å². The second kappa shape index (κ2) is 5.64. The molecule has 1 aromatic heterocycles. The molecule has 1 heteroatoms. The zero-order valence-electron chi connectivity index (χ0n) is 14.1. The highest BCUT2D eigenvalue weighted by molar-refractivity contribution is 5.81. The summed E-state index contributed by atoms with van der Waals surface area (Å²) in [5.74, 6) is 1.08. The summed E-state index contributed by atoms with van der Waals surface area (Å²) >= 11 is 0. The van der Waals surface area contributed by atoms with Crippen LogP contribution >= 0.6 is 0 Å². The molecule has 0 aliphatic heterocycles. The van der Waals surface area contributed by atoms with Crippen LogP contribution in [0.2, 0.25) is 0 Å². The number of benzene rings is 1. The maximum Gasteiger partial charge on any atom is 0.0477 e. The number of allylic oxidation sites excluding steroid dienone is 2. The molecule has 1 aromatic carbocycles. The van der Waals surface area contributed by atoms with Gasteiger partial charge in [-0.05, 0) is 54.5 Å². The van der Waals surface area contributed by atoms with E-state index in [9.17, 15) is 0 Å². The minimum Gasteiger partial charge on any atom is -0.350 e. The Morgan fingerprint density at radius 3 is 2.64 bits per heavy atom. The Bertz CT molecular complexity index is 745. The molecule has 22 heavy (non-hydrogen) atoms. The van der Waals surface area contributed by atoms with E-state index >= 15 is 0 Å². The van der Waals surface area contributed by atoms with Crippen LogP contribution < -0.4 is 0 Å². The van der Waals surface area contributed by atoms with Gasteiger partial charge in [0.15, 0.2) is 0 Å². The minimum absolute atomic E-state index is 0.472. The maximum absolute atomic E-state index is 4.03. The fraction of sp³-hybridized carbons (Fsp3) is 0.333. The third-order valence-electron chi connectivity index (χ3n) is 5.07. The summed E-state index contributed by atoms with van der Waals surface area (Å²) in [4.78, 5) is 0. The van der Waals surface area contributed by atoms with Gasteiger partial charge >= 0.3 is 0 Å². The molecular weight excluding hydrogens is 266 g/mol. The topological polar surface area (TPSA) is 4.93 Å². The quantitative estimate of drug-likeness (QED) is 0.702. The van der Waals surface area contributed by atoms with Gasteiger partial charge in [-0.15, -0.1) is 0 Å². The van der Waals surface area contributed by atoms with Crippen LogP contribution in [0.4, 0.5) is 0 Å². The van der Waals surface area contributed by atoms with E-state index in [-0.39, 0.29) is 0 Å². The highest BCUT2D eigenvalue weighted by Crippen LogP contribution is 2.47. The monoisotopic (exact) mass is 291 g/mol. The van der Waals surface area contributed by atoms with Gasteiger partial charge in [0.25, 0.3) is 0 Å². The first-order valence-electron chi connectivity index (χ1n) is 8.11. The molecule has 1 aliphatic rings. The minimum atomic E-state index is 0.472. The molecule has 1 aliphatic carbocycles. The molecule has 2 atom stereocenters. The fourth-order valence-corrected chi connectivity index (χ4v) is 4.10. The lowest BCUT2D eigenvalue weighted by molar-refractivity contribution is 0.515. The molecule has 114 valence electrons. The third kappa shape index (κ3) is 2.16. The van der Waals surface area contributed by atoms with Crippen molar-refractivity contribution in [1.29, 1.82) is 0 Å². The second-order valence-corrected chi connectivity index (χ2v) is 6.49. The maximum atomic E-state index is 4.03. The van der Waals surface area contributed by atoms with Crippen LogP contribution in [-0.4, -0.2) is 4.57 Å². The van der Waals surface area contributed by atoms with E-state index in [4.69, 9.17) is 0 Å². The van der Waals surface area contributed by atoms with Crippen molar-refractivity contribution in [2.45, 2.75) is 33.1 Å². The van der Waals surface area contributed by atoms with Crippen molar-refractivity contribution in [3.63, 3.8) is 0 Å². The van der Waals surface area contributed by atoms with Crippen molar-refractivity contribution in [1.82, 2.24) is 4.57 Å². The first kappa shape index (κ1) is 14.9. The van der Waals surface area contributed by atoms with E-state index in [1.54, 1.807) is 0 Å². The van der Waals surface area contributed by atoms with Gasteiger partial charge in [0, 0.05) is 30.4 Å². The van der Waals surface area contributed by atoms with Crippen LogP contribution in [-0.2, 0) is 13.5 Å². The summed E-state index contributed by atoms with van der Waals surface area (Å²) in [6.07, 6.45) is 7.71. The molecule has 0 saturated heterocycles. The molecule has 0 amide bonds. The van der Waals surface area contributed by atoms with Gasteiger partial charge in [-0.3, -0.25) is 0 Å². The molecule has 2 aromatic rings. The number of fused-ring (bicyclic) bond motifs is 1. The lowest BCUT2D eigenvalue weighted by atomic mass is 9.70. The van der Waals surface area contributed by atoms with Crippen molar-refractivity contribution in [3.8, 4) is 0 Å². The molecule has 1 heterocycles. The highest BCUT2D eigenvalue weighted by Gasteiger charge is 2.33. The summed E-state index contributed by atoms with van der Waals surface area (Å²) in [7, 11) is 2.12. The number of hydrogen-bond acceptors (Lipinski definition) is 0. The van der Waals surface area contributed by atoms with Crippen molar-refractivity contribution in [3.05, 3.63) is 71.1 Å². The van der Waals surface area contributed by atoms with Crippen LogP contribution in [0.1, 0.15) is 47.7 Å². The highest BCUT2D eigenvalue weighted by atomic mass is 14.9. The van der Waals surface area contributed by atoms with Crippen LogP contribution in [0.3, 0.4) is 0 Å². The molecule has 0 saturated carbocycles. The second-order valence-electron chi connectivity index (χ2n) is 6.49. The van der Waals surface area contributed by atoms with Crippen LogP contribution in [0, 0.1) is 12.8 Å². The number of aryl methyl sites for hydroxylation is 2. The lowest BCUT2D eigenvalue weighted by Gasteiger charge is -2.33. The Labute approximate surface area is 134 Å². The molecule has 0 radical (unpaired) electrons. The fourth-order valence-electron chi connectivity index (χ4n) is 4.10. The van der Waals surface area contributed by atoms with E-state index < -0.39 is 0 Å². The third-order valence-corrected chi connectivity index (χ3v) is 5.07. The van der Waals surface area contributed by atoms with Gasteiger partial charge in [0.1, 0.15) is 0 Å². The first-order chi connectivity index (χ1) is 10.6. The van der Waals surface area contributed by atoms with E-state index in [0.29, 0.717) is 11.8 Å². The molecule has 0 bridgehead atoms. The SMILES string of the molecule is C=Cc1c2c(cn1C)CC(C)C(c1ccccc1C)/C2=C/C. The van der Waals surface area contributed by atoms with Gasteiger partial charge in [-0.25, -0.2) is 0 Å². The summed E-state index contributed by atoms with van der Waals surface area (Å²) in [6, 6.07) is 8.81. The number of aromatic nitrogens is 1. The molecule has 2 unspecified atom stereocenters. The number of nitrogens with zero attached hydrogens (tertiary/aromatic N) is 1. The van der Waals surface area contributed by atoms with Crippen LogP contribution in [0.15, 0.2) is 43.1 Å². The normalized spacial score (nSPS) is 22.6. The first-order valence-corrected chi connectivity index (χ1v) is 8.11. The molecule has 0 spiro atoms. The van der Waals surface area contributed by atoms with Crippen molar-refractivity contribution in [2.24, 2.45) is 13.0 Å². The van der Waals surface area contributed by atoms with Crippen LogP contribution in [0.25, 0.3) is 11.6 Å². The average molecular weight is 291 g/mol. The van der Waals surface area contributed by atoms with Crippen LogP contribution in [0.5, 0.6) is 0 Å².